The molecule has 1 aromatic rings. The maximum Gasteiger partial charge on any atom is 0.171 e. The number of carbonyl (C=O) groups excluding carboxylic acids is 1. The standard InChI is InChI=1S/C12H13Cl3O2/c1-12(2,6-13)11(16)7-4-10(17-3)9(15)5-8(7)14/h4-5H,6H2,1-3H3. The molecular weight excluding hydrogens is 282 g/mol. The molecule has 0 fully saturated rings. The second-order valence-electron chi connectivity index (χ2n) is 4.31. The number of ether oxygens (including phenoxy) is 1. The Morgan fingerprint density at radius 1 is 1.29 bits per heavy atom. The first-order valence-corrected chi connectivity index (χ1v) is 6.26. The predicted octanol–water partition coefficient (Wildman–Crippen LogP) is 4.45. The van der Waals surface area contributed by atoms with Crippen molar-refractivity contribution in [2.45, 2.75) is 13.8 Å². The number of Topliss-reactive ketones (excluding diaryl/α,β-unsaturated/α-hetero) is 1. The summed E-state index contributed by atoms with van der Waals surface area (Å²) in [5.74, 6) is 0.505. The molecule has 0 radical (unpaired) electrons. The summed E-state index contributed by atoms with van der Waals surface area (Å²) >= 11 is 17.7. The van der Waals surface area contributed by atoms with Gasteiger partial charge in [0.1, 0.15) is 5.75 Å². The Balaban J connectivity index is 3.27. The summed E-state index contributed by atoms with van der Waals surface area (Å²) < 4.78 is 5.06. The molecule has 0 aromatic heterocycles. The van der Waals surface area contributed by atoms with Gasteiger partial charge in [0.25, 0.3) is 0 Å². The van der Waals surface area contributed by atoms with E-state index in [0.29, 0.717) is 21.4 Å². The van der Waals surface area contributed by atoms with Gasteiger partial charge in [-0.3, -0.25) is 4.79 Å². The molecule has 0 N–H and O–H groups in total. The zero-order valence-corrected chi connectivity index (χ0v) is 12.1. The first-order valence-electron chi connectivity index (χ1n) is 4.97. The van der Waals surface area contributed by atoms with Gasteiger partial charge in [-0.15, -0.1) is 11.6 Å². The smallest absolute Gasteiger partial charge is 0.171 e. The lowest BCUT2D eigenvalue weighted by molar-refractivity contribution is 0.0862. The Bertz CT molecular complexity index is 442. The molecule has 0 aliphatic rings. The number of rotatable bonds is 4. The lowest BCUT2D eigenvalue weighted by atomic mass is 9.86. The van der Waals surface area contributed by atoms with Crippen molar-refractivity contribution in [3.8, 4) is 5.75 Å². The molecule has 94 valence electrons. The predicted molar refractivity (Wildman–Crippen MR) is 71.8 cm³/mol. The Morgan fingerprint density at radius 3 is 2.35 bits per heavy atom. The third-order valence-electron chi connectivity index (χ3n) is 2.43. The van der Waals surface area contributed by atoms with E-state index in [4.69, 9.17) is 39.5 Å². The summed E-state index contributed by atoms with van der Waals surface area (Å²) in [6, 6.07) is 3.04. The van der Waals surface area contributed by atoms with Gasteiger partial charge in [-0.25, -0.2) is 0 Å². The Kier molecular flexibility index (Phi) is 4.70. The van der Waals surface area contributed by atoms with Crippen LogP contribution in [-0.2, 0) is 0 Å². The van der Waals surface area contributed by atoms with Crippen LogP contribution >= 0.6 is 34.8 Å². The van der Waals surface area contributed by atoms with Crippen molar-refractivity contribution in [1.29, 1.82) is 0 Å². The van der Waals surface area contributed by atoms with E-state index in [-0.39, 0.29) is 11.7 Å². The molecule has 1 aromatic carbocycles. The normalized spacial score (nSPS) is 11.4. The Morgan fingerprint density at radius 2 is 1.88 bits per heavy atom. The lowest BCUT2D eigenvalue weighted by Gasteiger charge is -2.20. The van der Waals surface area contributed by atoms with Gasteiger partial charge in [0.15, 0.2) is 5.78 Å². The van der Waals surface area contributed by atoms with E-state index in [2.05, 4.69) is 0 Å². The molecule has 1 rings (SSSR count). The number of benzene rings is 1. The SMILES string of the molecule is COc1cc(C(=O)C(C)(C)CCl)c(Cl)cc1Cl. The van der Waals surface area contributed by atoms with Crippen molar-refractivity contribution in [2.75, 3.05) is 13.0 Å². The highest BCUT2D eigenvalue weighted by Crippen LogP contribution is 2.34. The third-order valence-corrected chi connectivity index (χ3v) is 3.71. The van der Waals surface area contributed by atoms with Gasteiger partial charge in [-0.05, 0) is 12.1 Å². The van der Waals surface area contributed by atoms with Crippen molar-refractivity contribution < 1.29 is 9.53 Å². The third kappa shape index (κ3) is 3.06. The van der Waals surface area contributed by atoms with Crippen molar-refractivity contribution >= 4 is 40.6 Å². The summed E-state index contributed by atoms with van der Waals surface area (Å²) in [4.78, 5) is 12.2. The van der Waals surface area contributed by atoms with Crippen LogP contribution < -0.4 is 4.74 Å². The number of carbonyl (C=O) groups is 1. The molecular formula is C12H13Cl3O2. The van der Waals surface area contributed by atoms with E-state index in [9.17, 15) is 4.79 Å². The molecule has 0 aliphatic heterocycles. The summed E-state index contributed by atoms with van der Waals surface area (Å²) in [6.07, 6.45) is 0. The molecule has 0 heterocycles. The first kappa shape index (κ1) is 14.6. The highest BCUT2D eigenvalue weighted by Gasteiger charge is 2.29. The minimum Gasteiger partial charge on any atom is -0.495 e. The number of alkyl halides is 1. The van der Waals surface area contributed by atoms with Crippen molar-refractivity contribution in [1.82, 2.24) is 0 Å². The average Bonchev–Trinajstić information content (AvgIpc) is 2.28. The molecule has 2 nitrogen and oxygen atoms in total. The Hall–Kier alpha value is -0.440. The van der Waals surface area contributed by atoms with Crippen LogP contribution in [-0.4, -0.2) is 18.8 Å². The number of methoxy groups -OCH3 is 1. The van der Waals surface area contributed by atoms with Gasteiger partial charge in [0.05, 0.1) is 17.2 Å². The fraction of sp³-hybridized carbons (Fsp3) is 0.417. The number of ketones is 1. The first-order chi connectivity index (χ1) is 7.83. The van der Waals surface area contributed by atoms with Gasteiger partial charge in [0, 0.05) is 16.9 Å². The minimum atomic E-state index is -0.677. The summed E-state index contributed by atoms with van der Waals surface area (Å²) in [6.45, 7) is 3.53. The lowest BCUT2D eigenvalue weighted by Crippen LogP contribution is -2.26. The van der Waals surface area contributed by atoms with E-state index in [1.807, 2.05) is 0 Å². The minimum absolute atomic E-state index is 0.132. The molecule has 0 saturated heterocycles. The van der Waals surface area contributed by atoms with Crippen LogP contribution in [0.1, 0.15) is 24.2 Å². The molecule has 0 bridgehead atoms. The molecule has 0 atom stereocenters. The van der Waals surface area contributed by atoms with Crippen LogP contribution in [0, 0.1) is 5.41 Å². The second-order valence-corrected chi connectivity index (χ2v) is 5.39. The van der Waals surface area contributed by atoms with Gasteiger partial charge >= 0.3 is 0 Å². The molecule has 0 spiro atoms. The topological polar surface area (TPSA) is 26.3 Å². The van der Waals surface area contributed by atoms with Crippen LogP contribution in [0.2, 0.25) is 10.0 Å². The summed E-state index contributed by atoms with van der Waals surface area (Å²) in [5, 5.41) is 0.678. The monoisotopic (exact) mass is 294 g/mol. The van der Waals surface area contributed by atoms with Crippen LogP contribution in [0.4, 0.5) is 0 Å². The molecule has 5 heteroatoms. The van der Waals surface area contributed by atoms with Crippen molar-refractivity contribution in [3.63, 3.8) is 0 Å². The molecule has 0 unspecified atom stereocenters. The van der Waals surface area contributed by atoms with Gasteiger partial charge in [-0.1, -0.05) is 37.0 Å². The Labute approximate surface area is 116 Å². The summed E-state index contributed by atoms with van der Waals surface area (Å²) in [5.41, 5.74) is -0.303. The fourth-order valence-corrected chi connectivity index (χ4v) is 1.95. The van der Waals surface area contributed by atoms with E-state index in [1.54, 1.807) is 19.9 Å². The van der Waals surface area contributed by atoms with Crippen LogP contribution in [0.5, 0.6) is 5.75 Å². The van der Waals surface area contributed by atoms with Crippen LogP contribution in [0.15, 0.2) is 12.1 Å². The summed E-state index contributed by atoms with van der Waals surface area (Å²) in [7, 11) is 1.48. The highest BCUT2D eigenvalue weighted by molar-refractivity contribution is 6.38. The largest absolute Gasteiger partial charge is 0.495 e. The zero-order chi connectivity index (χ0) is 13.2. The van der Waals surface area contributed by atoms with Gasteiger partial charge in [-0.2, -0.15) is 0 Å². The number of hydrogen-bond donors (Lipinski definition) is 0. The maximum absolute atomic E-state index is 12.2. The maximum atomic E-state index is 12.2. The average molecular weight is 296 g/mol. The van der Waals surface area contributed by atoms with Gasteiger partial charge < -0.3 is 4.74 Å². The van der Waals surface area contributed by atoms with E-state index in [1.165, 1.54) is 13.2 Å². The second kappa shape index (κ2) is 5.47. The molecule has 0 amide bonds. The van der Waals surface area contributed by atoms with Gasteiger partial charge in [0.2, 0.25) is 0 Å². The quantitative estimate of drug-likeness (QED) is 0.606. The zero-order valence-electron chi connectivity index (χ0n) is 9.81. The molecule has 0 aliphatic carbocycles. The fourth-order valence-electron chi connectivity index (χ4n) is 1.28. The van der Waals surface area contributed by atoms with E-state index >= 15 is 0 Å². The highest BCUT2D eigenvalue weighted by atomic mass is 35.5. The van der Waals surface area contributed by atoms with Crippen molar-refractivity contribution in [2.24, 2.45) is 5.41 Å². The molecule has 17 heavy (non-hydrogen) atoms. The van der Waals surface area contributed by atoms with Crippen LogP contribution in [0.25, 0.3) is 0 Å². The van der Waals surface area contributed by atoms with E-state index < -0.39 is 5.41 Å². The number of halogens is 3. The molecule has 0 saturated carbocycles. The number of hydrogen-bond acceptors (Lipinski definition) is 2. The van der Waals surface area contributed by atoms with Crippen molar-refractivity contribution in [3.05, 3.63) is 27.7 Å². The van der Waals surface area contributed by atoms with E-state index in [0.717, 1.165) is 0 Å². The van der Waals surface area contributed by atoms with Crippen LogP contribution in [0.3, 0.4) is 0 Å².